The molecule has 2 rings (SSSR count). The molecule has 0 saturated carbocycles. The van der Waals surface area contributed by atoms with Crippen molar-refractivity contribution in [2.75, 3.05) is 17.7 Å². The number of aromatic nitrogens is 2. The van der Waals surface area contributed by atoms with Gasteiger partial charge in [-0.05, 0) is 44.5 Å². The first-order chi connectivity index (χ1) is 9.58. The van der Waals surface area contributed by atoms with Crippen molar-refractivity contribution in [2.45, 2.75) is 26.8 Å². The fourth-order valence-electron chi connectivity index (χ4n) is 1.84. The Labute approximate surface area is 119 Å². The summed E-state index contributed by atoms with van der Waals surface area (Å²) in [5.41, 5.74) is 2.00. The van der Waals surface area contributed by atoms with Gasteiger partial charge in [-0.2, -0.15) is 4.98 Å². The molecule has 0 saturated heterocycles. The van der Waals surface area contributed by atoms with E-state index in [2.05, 4.69) is 34.4 Å². The lowest BCUT2D eigenvalue weighted by Crippen LogP contribution is -2.11. The molecule has 5 heteroatoms. The van der Waals surface area contributed by atoms with Gasteiger partial charge in [-0.25, -0.2) is 4.98 Å². The molecule has 0 aliphatic rings. The summed E-state index contributed by atoms with van der Waals surface area (Å²) in [6.07, 6.45) is 1.72. The molecule has 0 spiro atoms. The number of aryl methyl sites for hydroxylation is 1. The third-order valence-electron chi connectivity index (χ3n) is 2.69. The second kappa shape index (κ2) is 6.23. The number of nitrogens with one attached hydrogen (secondary N) is 2. The highest BCUT2D eigenvalue weighted by molar-refractivity contribution is 5.64. The number of benzene rings is 1. The maximum absolute atomic E-state index is 5.33. The number of rotatable bonds is 5. The minimum Gasteiger partial charge on any atom is -0.495 e. The summed E-state index contributed by atoms with van der Waals surface area (Å²) in [5, 5.41) is 6.44. The van der Waals surface area contributed by atoms with Gasteiger partial charge in [0.15, 0.2) is 0 Å². The number of anilines is 3. The van der Waals surface area contributed by atoms with E-state index < -0.39 is 0 Å². The Balaban J connectivity index is 2.23. The number of hydrogen-bond donors (Lipinski definition) is 2. The fraction of sp³-hybridized carbons (Fsp3) is 0.333. The normalized spacial score (nSPS) is 10.4. The molecule has 0 atom stereocenters. The van der Waals surface area contributed by atoms with E-state index in [0.717, 1.165) is 22.8 Å². The quantitative estimate of drug-likeness (QED) is 0.874. The molecular formula is C15H20N4O. The summed E-state index contributed by atoms with van der Waals surface area (Å²) in [7, 11) is 1.65. The van der Waals surface area contributed by atoms with Gasteiger partial charge in [0.2, 0.25) is 5.95 Å². The molecule has 2 N–H and O–H groups in total. The van der Waals surface area contributed by atoms with Gasteiger partial charge in [-0.15, -0.1) is 0 Å². The van der Waals surface area contributed by atoms with E-state index in [1.807, 2.05) is 31.2 Å². The van der Waals surface area contributed by atoms with Crippen LogP contribution in [0.5, 0.6) is 5.75 Å². The van der Waals surface area contributed by atoms with Crippen LogP contribution in [0.2, 0.25) is 0 Å². The van der Waals surface area contributed by atoms with Gasteiger partial charge in [0.1, 0.15) is 11.6 Å². The molecule has 1 heterocycles. The van der Waals surface area contributed by atoms with E-state index in [-0.39, 0.29) is 0 Å². The maximum Gasteiger partial charge on any atom is 0.229 e. The van der Waals surface area contributed by atoms with Crippen LogP contribution < -0.4 is 15.4 Å². The van der Waals surface area contributed by atoms with E-state index in [0.29, 0.717) is 12.0 Å². The lowest BCUT2D eigenvalue weighted by atomic mass is 10.2. The van der Waals surface area contributed by atoms with Gasteiger partial charge in [-0.3, -0.25) is 0 Å². The van der Waals surface area contributed by atoms with Gasteiger partial charge in [0.05, 0.1) is 12.8 Å². The Bertz CT molecular complexity index is 584. The highest BCUT2D eigenvalue weighted by atomic mass is 16.5. The summed E-state index contributed by atoms with van der Waals surface area (Å²) in [6, 6.07) is 8.10. The first-order valence-corrected chi connectivity index (χ1v) is 6.59. The van der Waals surface area contributed by atoms with Gasteiger partial charge >= 0.3 is 0 Å². The van der Waals surface area contributed by atoms with Crippen molar-refractivity contribution in [3.63, 3.8) is 0 Å². The largest absolute Gasteiger partial charge is 0.495 e. The highest BCUT2D eigenvalue weighted by Crippen LogP contribution is 2.27. The number of methoxy groups -OCH3 is 1. The SMILES string of the molecule is COc1ccc(C)cc1Nc1nccc(NC(C)C)n1. The van der Waals surface area contributed by atoms with E-state index in [1.54, 1.807) is 13.3 Å². The average Bonchev–Trinajstić information content (AvgIpc) is 2.38. The molecule has 0 unspecified atom stereocenters. The average molecular weight is 272 g/mol. The topological polar surface area (TPSA) is 59.1 Å². The second-order valence-corrected chi connectivity index (χ2v) is 4.89. The van der Waals surface area contributed by atoms with Crippen LogP contribution >= 0.6 is 0 Å². The lowest BCUT2D eigenvalue weighted by molar-refractivity contribution is 0.416. The fourth-order valence-corrected chi connectivity index (χ4v) is 1.84. The summed E-state index contributed by atoms with van der Waals surface area (Å²) < 4.78 is 5.33. The van der Waals surface area contributed by atoms with Crippen LogP contribution in [0.25, 0.3) is 0 Å². The summed E-state index contributed by atoms with van der Waals surface area (Å²) >= 11 is 0. The van der Waals surface area contributed by atoms with Crippen LogP contribution in [0.1, 0.15) is 19.4 Å². The van der Waals surface area contributed by atoms with Crippen molar-refractivity contribution in [1.29, 1.82) is 0 Å². The van der Waals surface area contributed by atoms with Gasteiger partial charge < -0.3 is 15.4 Å². The van der Waals surface area contributed by atoms with Crippen LogP contribution in [0.15, 0.2) is 30.5 Å². The lowest BCUT2D eigenvalue weighted by Gasteiger charge is -2.13. The molecule has 106 valence electrons. The maximum atomic E-state index is 5.33. The summed E-state index contributed by atoms with van der Waals surface area (Å²) in [5.74, 6) is 2.10. The Hall–Kier alpha value is -2.30. The van der Waals surface area contributed by atoms with Crippen LogP contribution in [-0.4, -0.2) is 23.1 Å². The Morgan fingerprint density at radius 1 is 1.20 bits per heavy atom. The van der Waals surface area contributed by atoms with E-state index in [9.17, 15) is 0 Å². The molecular weight excluding hydrogens is 252 g/mol. The molecule has 5 nitrogen and oxygen atoms in total. The number of ether oxygens (including phenoxy) is 1. The molecule has 0 amide bonds. The molecule has 0 aliphatic carbocycles. The van der Waals surface area contributed by atoms with E-state index in [1.165, 1.54) is 0 Å². The zero-order valence-electron chi connectivity index (χ0n) is 12.3. The van der Waals surface area contributed by atoms with Crippen molar-refractivity contribution in [2.24, 2.45) is 0 Å². The van der Waals surface area contributed by atoms with Gasteiger partial charge in [0.25, 0.3) is 0 Å². The monoisotopic (exact) mass is 272 g/mol. The molecule has 20 heavy (non-hydrogen) atoms. The Morgan fingerprint density at radius 3 is 2.70 bits per heavy atom. The second-order valence-electron chi connectivity index (χ2n) is 4.89. The predicted molar refractivity (Wildman–Crippen MR) is 81.8 cm³/mol. The van der Waals surface area contributed by atoms with Gasteiger partial charge in [0, 0.05) is 12.2 Å². The number of nitrogens with zero attached hydrogens (tertiary/aromatic N) is 2. The highest BCUT2D eigenvalue weighted by Gasteiger charge is 2.06. The third kappa shape index (κ3) is 3.60. The van der Waals surface area contributed by atoms with E-state index >= 15 is 0 Å². The third-order valence-corrected chi connectivity index (χ3v) is 2.69. The van der Waals surface area contributed by atoms with Crippen molar-refractivity contribution < 1.29 is 4.74 Å². The molecule has 0 fully saturated rings. The Kier molecular flexibility index (Phi) is 4.40. The summed E-state index contributed by atoms with van der Waals surface area (Å²) in [6.45, 7) is 6.17. The molecule has 1 aromatic carbocycles. The van der Waals surface area contributed by atoms with Crippen LogP contribution in [-0.2, 0) is 0 Å². The smallest absolute Gasteiger partial charge is 0.229 e. The molecule has 0 aliphatic heterocycles. The van der Waals surface area contributed by atoms with Crippen molar-refractivity contribution in [3.8, 4) is 5.75 Å². The van der Waals surface area contributed by atoms with Crippen molar-refractivity contribution in [3.05, 3.63) is 36.0 Å². The first kappa shape index (κ1) is 14.1. The minimum absolute atomic E-state index is 0.325. The molecule has 0 radical (unpaired) electrons. The van der Waals surface area contributed by atoms with Crippen LogP contribution in [0.4, 0.5) is 17.5 Å². The zero-order valence-corrected chi connectivity index (χ0v) is 12.3. The molecule has 0 bridgehead atoms. The zero-order chi connectivity index (χ0) is 14.5. The van der Waals surface area contributed by atoms with Crippen molar-refractivity contribution >= 4 is 17.5 Å². The standard InChI is InChI=1S/C15H20N4O/c1-10(2)17-14-7-8-16-15(19-14)18-12-9-11(3)5-6-13(12)20-4/h5-10H,1-4H3,(H2,16,17,18,19). The van der Waals surface area contributed by atoms with E-state index in [4.69, 9.17) is 4.74 Å². The minimum atomic E-state index is 0.325. The first-order valence-electron chi connectivity index (χ1n) is 6.59. The van der Waals surface area contributed by atoms with Crippen LogP contribution in [0.3, 0.4) is 0 Å². The molecule has 1 aromatic heterocycles. The predicted octanol–water partition coefficient (Wildman–Crippen LogP) is 3.36. The Morgan fingerprint density at radius 2 is 2.00 bits per heavy atom. The van der Waals surface area contributed by atoms with Gasteiger partial charge in [-0.1, -0.05) is 6.07 Å². The molecule has 2 aromatic rings. The number of hydrogen-bond acceptors (Lipinski definition) is 5. The van der Waals surface area contributed by atoms with Crippen molar-refractivity contribution in [1.82, 2.24) is 9.97 Å². The summed E-state index contributed by atoms with van der Waals surface area (Å²) in [4.78, 5) is 8.65. The van der Waals surface area contributed by atoms with Crippen LogP contribution in [0, 0.1) is 6.92 Å².